The van der Waals surface area contributed by atoms with E-state index in [0.29, 0.717) is 11.3 Å². The third kappa shape index (κ3) is 2.84. The van der Waals surface area contributed by atoms with Gasteiger partial charge in [-0.3, -0.25) is 0 Å². The van der Waals surface area contributed by atoms with Gasteiger partial charge in [0, 0.05) is 6.54 Å². The standard InChI is InChI=1S/C15H17NO3S/c1-19-13-7-5-6-12(10-13)15(11-16)20(17,18)14-8-3-2-4-9-14/h2-10,15H,11,16H2,1H3/t15-/m0/s1. The first-order chi connectivity index (χ1) is 9.59. The van der Waals surface area contributed by atoms with Crippen LogP contribution in [-0.4, -0.2) is 22.1 Å². The molecule has 2 aromatic carbocycles. The second-order valence-electron chi connectivity index (χ2n) is 4.36. The first-order valence-corrected chi connectivity index (χ1v) is 7.77. The van der Waals surface area contributed by atoms with E-state index in [-0.39, 0.29) is 11.4 Å². The summed E-state index contributed by atoms with van der Waals surface area (Å²) in [5, 5.41) is -0.778. The molecule has 0 aliphatic carbocycles. The zero-order valence-corrected chi connectivity index (χ0v) is 12.0. The van der Waals surface area contributed by atoms with Crippen molar-refractivity contribution in [2.75, 3.05) is 13.7 Å². The molecule has 0 saturated heterocycles. The number of methoxy groups -OCH3 is 1. The van der Waals surface area contributed by atoms with Crippen LogP contribution in [0.4, 0.5) is 0 Å². The van der Waals surface area contributed by atoms with Crippen LogP contribution in [0.1, 0.15) is 10.8 Å². The molecule has 0 bridgehead atoms. The van der Waals surface area contributed by atoms with Gasteiger partial charge in [0.05, 0.1) is 12.0 Å². The van der Waals surface area contributed by atoms with E-state index in [1.54, 1.807) is 61.7 Å². The van der Waals surface area contributed by atoms with Crippen LogP contribution in [0.15, 0.2) is 59.5 Å². The van der Waals surface area contributed by atoms with E-state index in [1.165, 1.54) is 0 Å². The zero-order valence-electron chi connectivity index (χ0n) is 11.2. The van der Waals surface area contributed by atoms with Gasteiger partial charge in [0.2, 0.25) is 0 Å². The van der Waals surface area contributed by atoms with E-state index in [9.17, 15) is 8.42 Å². The molecule has 1 atom stereocenters. The van der Waals surface area contributed by atoms with Crippen LogP contribution in [0.3, 0.4) is 0 Å². The molecule has 0 aliphatic heterocycles. The summed E-state index contributed by atoms with van der Waals surface area (Å²) in [6, 6.07) is 15.3. The van der Waals surface area contributed by atoms with Crippen LogP contribution in [0.2, 0.25) is 0 Å². The van der Waals surface area contributed by atoms with Crippen molar-refractivity contribution in [1.82, 2.24) is 0 Å². The Kier molecular flexibility index (Phi) is 4.42. The number of nitrogens with two attached hydrogens (primary N) is 1. The van der Waals surface area contributed by atoms with Crippen molar-refractivity contribution in [2.24, 2.45) is 5.73 Å². The van der Waals surface area contributed by atoms with Gasteiger partial charge < -0.3 is 10.5 Å². The van der Waals surface area contributed by atoms with E-state index in [2.05, 4.69) is 0 Å². The molecule has 0 saturated carbocycles. The summed E-state index contributed by atoms with van der Waals surface area (Å²) in [7, 11) is -1.97. The van der Waals surface area contributed by atoms with Crippen molar-refractivity contribution in [3.8, 4) is 5.75 Å². The van der Waals surface area contributed by atoms with Crippen molar-refractivity contribution in [3.05, 3.63) is 60.2 Å². The fourth-order valence-electron chi connectivity index (χ4n) is 2.06. The molecule has 0 unspecified atom stereocenters. The van der Waals surface area contributed by atoms with Crippen molar-refractivity contribution >= 4 is 9.84 Å². The van der Waals surface area contributed by atoms with Gasteiger partial charge in [-0.2, -0.15) is 0 Å². The summed E-state index contributed by atoms with van der Waals surface area (Å²) in [5.74, 6) is 0.615. The third-order valence-electron chi connectivity index (χ3n) is 3.13. The number of hydrogen-bond acceptors (Lipinski definition) is 4. The maximum Gasteiger partial charge on any atom is 0.186 e. The molecule has 0 heterocycles. The smallest absolute Gasteiger partial charge is 0.186 e. The van der Waals surface area contributed by atoms with Crippen molar-refractivity contribution < 1.29 is 13.2 Å². The van der Waals surface area contributed by atoms with Crippen LogP contribution in [0.5, 0.6) is 5.75 Å². The van der Waals surface area contributed by atoms with Gasteiger partial charge in [-0.05, 0) is 29.8 Å². The number of rotatable bonds is 5. The molecule has 0 amide bonds. The van der Waals surface area contributed by atoms with Crippen molar-refractivity contribution in [1.29, 1.82) is 0 Å². The monoisotopic (exact) mass is 291 g/mol. The van der Waals surface area contributed by atoms with E-state index >= 15 is 0 Å². The minimum Gasteiger partial charge on any atom is -0.497 e. The minimum atomic E-state index is -3.51. The predicted octanol–water partition coefficient (Wildman–Crippen LogP) is 2.17. The first kappa shape index (κ1) is 14.6. The Morgan fingerprint density at radius 1 is 1.10 bits per heavy atom. The quantitative estimate of drug-likeness (QED) is 0.916. The largest absolute Gasteiger partial charge is 0.497 e. The highest BCUT2D eigenvalue weighted by atomic mass is 32.2. The highest BCUT2D eigenvalue weighted by molar-refractivity contribution is 7.91. The molecule has 0 aromatic heterocycles. The Labute approximate surface area is 119 Å². The number of ether oxygens (including phenoxy) is 1. The summed E-state index contributed by atoms with van der Waals surface area (Å²) in [6.45, 7) is 0.0182. The third-order valence-corrected chi connectivity index (χ3v) is 5.27. The highest BCUT2D eigenvalue weighted by Gasteiger charge is 2.27. The molecule has 2 N–H and O–H groups in total. The normalized spacial score (nSPS) is 12.9. The molecule has 20 heavy (non-hydrogen) atoms. The van der Waals surface area contributed by atoms with Gasteiger partial charge in [0.15, 0.2) is 9.84 Å². The molecule has 0 radical (unpaired) electrons. The lowest BCUT2D eigenvalue weighted by Crippen LogP contribution is -2.22. The summed E-state index contributed by atoms with van der Waals surface area (Å²) >= 11 is 0. The topological polar surface area (TPSA) is 69.4 Å². The van der Waals surface area contributed by atoms with Crippen molar-refractivity contribution in [3.63, 3.8) is 0 Å². The van der Waals surface area contributed by atoms with Gasteiger partial charge in [0.25, 0.3) is 0 Å². The van der Waals surface area contributed by atoms with Crippen LogP contribution < -0.4 is 10.5 Å². The molecule has 106 valence electrons. The zero-order chi connectivity index (χ0) is 14.6. The lowest BCUT2D eigenvalue weighted by Gasteiger charge is -2.17. The van der Waals surface area contributed by atoms with Crippen LogP contribution in [0, 0.1) is 0 Å². The predicted molar refractivity (Wildman–Crippen MR) is 78.4 cm³/mol. The number of benzene rings is 2. The van der Waals surface area contributed by atoms with Crippen LogP contribution >= 0.6 is 0 Å². The second-order valence-corrected chi connectivity index (χ2v) is 6.49. The average Bonchev–Trinajstić information content (AvgIpc) is 2.49. The average molecular weight is 291 g/mol. The fourth-order valence-corrected chi connectivity index (χ4v) is 3.68. The van der Waals surface area contributed by atoms with Gasteiger partial charge in [-0.25, -0.2) is 8.42 Å². The lowest BCUT2D eigenvalue weighted by molar-refractivity contribution is 0.414. The second kappa shape index (κ2) is 6.07. The Hall–Kier alpha value is -1.85. The Morgan fingerprint density at radius 2 is 1.80 bits per heavy atom. The van der Waals surface area contributed by atoms with Crippen molar-refractivity contribution in [2.45, 2.75) is 10.1 Å². The summed E-state index contributed by atoms with van der Waals surface area (Å²) in [4.78, 5) is 0.276. The molecular formula is C15H17NO3S. The molecule has 2 rings (SSSR count). The lowest BCUT2D eigenvalue weighted by atomic mass is 10.1. The van der Waals surface area contributed by atoms with E-state index in [0.717, 1.165) is 0 Å². The fraction of sp³-hybridized carbons (Fsp3) is 0.200. The molecular weight excluding hydrogens is 274 g/mol. The summed E-state index contributed by atoms with van der Waals surface area (Å²) in [6.07, 6.45) is 0. The van der Waals surface area contributed by atoms with Gasteiger partial charge >= 0.3 is 0 Å². The number of hydrogen-bond donors (Lipinski definition) is 1. The SMILES string of the molecule is COc1cccc([C@H](CN)S(=O)(=O)c2ccccc2)c1. The van der Waals surface area contributed by atoms with E-state index in [1.807, 2.05) is 0 Å². The minimum absolute atomic E-state index is 0.0182. The number of sulfone groups is 1. The van der Waals surface area contributed by atoms with Crippen LogP contribution in [-0.2, 0) is 9.84 Å². The van der Waals surface area contributed by atoms with Gasteiger partial charge in [-0.15, -0.1) is 0 Å². The maximum absolute atomic E-state index is 12.6. The maximum atomic E-state index is 12.6. The molecule has 5 heteroatoms. The molecule has 0 fully saturated rings. The van der Waals surface area contributed by atoms with Gasteiger partial charge in [-0.1, -0.05) is 30.3 Å². The molecule has 4 nitrogen and oxygen atoms in total. The van der Waals surface area contributed by atoms with E-state index < -0.39 is 15.1 Å². The van der Waals surface area contributed by atoms with E-state index in [4.69, 9.17) is 10.5 Å². The Morgan fingerprint density at radius 3 is 2.40 bits per heavy atom. The Bertz CT molecular complexity index is 669. The summed E-state index contributed by atoms with van der Waals surface area (Å²) < 4.78 is 30.4. The van der Waals surface area contributed by atoms with Crippen LogP contribution in [0.25, 0.3) is 0 Å². The summed E-state index contributed by atoms with van der Waals surface area (Å²) in [5.41, 5.74) is 6.33. The molecule has 2 aromatic rings. The molecule has 0 aliphatic rings. The highest BCUT2D eigenvalue weighted by Crippen LogP contribution is 2.29. The Balaban J connectivity index is 2.46. The molecule has 0 spiro atoms. The van der Waals surface area contributed by atoms with Gasteiger partial charge in [0.1, 0.15) is 11.0 Å². The first-order valence-electron chi connectivity index (χ1n) is 6.22.